The highest BCUT2D eigenvalue weighted by Crippen LogP contribution is 2.18. The molecule has 15 heavy (non-hydrogen) atoms. The van der Waals surface area contributed by atoms with Crippen molar-refractivity contribution in [1.82, 2.24) is 15.8 Å². The lowest BCUT2D eigenvalue weighted by Gasteiger charge is -2.25. The molecule has 0 fully saturated rings. The second kappa shape index (κ2) is 4.06. The summed E-state index contributed by atoms with van der Waals surface area (Å²) in [5.41, 5.74) is 4.09. The van der Waals surface area contributed by atoms with Gasteiger partial charge in [-0.05, 0) is 19.4 Å². The van der Waals surface area contributed by atoms with Crippen LogP contribution in [-0.2, 0) is 4.79 Å². The molecule has 2 aliphatic heterocycles. The molecule has 4 heteroatoms. The van der Waals surface area contributed by atoms with Crippen LogP contribution in [0.15, 0.2) is 23.7 Å². The molecule has 2 rings (SSSR count). The van der Waals surface area contributed by atoms with Crippen LogP contribution in [-0.4, -0.2) is 17.0 Å². The minimum atomic E-state index is 0.0106. The topological polar surface area (TPSA) is 44.4 Å². The summed E-state index contributed by atoms with van der Waals surface area (Å²) in [4.78, 5) is 11.6. The summed E-state index contributed by atoms with van der Waals surface area (Å²) >= 11 is 0. The van der Waals surface area contributed by atoms with Crippen LogP contribution < -0.4 is 10.7 Å². The number of hydrazine groups is 1. The number of amides is 1. The van der Waals surface area contributed by atoms with Crippen LogP contribution in [0.5, 0.6) is 0 Å². The first-order valence-corrected chi connectivity index (χ1v) is 5.48. The van der Waals surface area contributed by atoms with E-state index in [-0.39, 0.29) is 11.9 Å². The molecule has 0 radical (unpaired) electrons. The van der Waals surface area contributed by atoms with Crippen LogP contribution in [0.1, 0.15) is 33.1 Å². The third-order valence-corrected chi connectivity index (χ3v) is 2.65. The molecule has 0 bridgehead atoms. The van der Waals surface area contributed by atoms with E-state index >= 15 is 0 Å². The van der Waals surface area contributed by atoms with Crippen molar-refractivity contribution in [3.63, 3.8) is 0 Å². The number of carbonyl (C=O) groups excluding carboxylic acids is 1. The molecule has 4 nitrogen and oxygen atoms in total. The second-order valence-electron chi connectivity index (χ2n) is 4.06. The Morgan fingerprint density at radius 3 is 3.07 bits per heavy atom. The molecular formula is C11H17N3O. The highest BCUT2D eigenvalue weighted by molar-refractivity contribution is 5.90. The van der Waals surface area contributed by atoms with Crippen molar-refractivity contribution in [3.05, 3.63) is 23.7 Å². The lowest BCUT2D eigenvalue weighted by Crippen LogP contribution is -2.45. The molecule has 2 aliphatic rings. The first-order chi connectivity index (χ1) is 7.20. The van der Waals surface area contributed by atoms with Crippen LogP contribution in [0.3, 0.4) is 0 Å². The molecule has 0 aromatic rings. The number of fused-ring (bicyclic) bond motifs is 1. The minimum absolute atomic E-state index is 0.0106. The van der Waals surface area contributed by atoms with Gasteiger partial charge < -0.3 is 5.32 Å². The van der Waals surface area contributed by atoms with E-state index in [2.05, 4.69) is 23.7 Å². The van der Waals surface area contributed by atoms with E-state index in [1.54, 1.807) is 11.1 Å². The van der Waals surface area contributed by atoms with Crippen molar-refractivity contribution in [2.75, 3.05) is 0 Å². The van der Waals surface area contributed by atoms with Gasteiger partial charge in [0.05, 0.1) is 0 Å². The molecule has 0 spiro atoms. The van der Waals surface area contributed by atoms with Gasteiger partial charge in [-0.15, -0.1) is 0 Å². The van der Waals surface area contributed by atoms with E-state index in [9.17, 15) is 4.79 Å². The summed E-state index contributed by atoms with van der Waals surface area (Å²) in [6.07, 6.45) is 7.12. The molecule has 1 atom stereocenters. The zero-order valence-corrected chi connectivity index (χ0v) is 9.21. The van der Waals surface area contributed by atoms with Crippen LogP contribution in [0.4, 0.5) is 0 Å². The summed E-state index contributed by atoms with van der Waals surface area (Å²) in [5.74, 6) is 0.887. The van der Waals surface area contributed by atoms with Crippen LogP contribution in [0, 0.1) is 0 Å². The fourth-order valence-electron chi connectivity index (χ4n) is 1.88. The molecule has 0 saturated heterocycles. The summed E-state index contributed by atoms with van der Waals surface area (Å²) in [5, 5.41) is 4.77. The SMILES string of the molecule is CCCCC1C=C2NC(C)=CC(=O)N2N1. The lowest BCUT2D eigenvalue weighted by molar-refractivity contribution is -0.127. The third-order valence-electron chi connectivity index (χ3n) is 2.65. The van der Waals surface area contributed by atoms with Gasteiger partial charge >= 0.3 is 0 Å². The third kappa shape index (κ3) is 2.04. The second-order valence-corrected chi connectivity index (χ2v) is 4.06. The Bertz CT molecular complexity index is 333. The molecule has 0 aromatic carbocycles. The molecule has 0 saturated carbocycles. The summed E-state index contributed by atoms with van der Waals surface area (Å²) in [7, 11) is 0. The Hall–Kier alpha value is -1.29. The normalized spacial score (nSPS) is 24.5. The largest absolute Gasteiger partial charge is 0.344 e. The highest BCUT2D eigenvalue weighted by Gasteiger charge is 2.29. The van der Waals surface area contributed by atoms with E-state index in [1.807, 2.05) is 6.92 Å². The van der Waals surface area contributed by atoms with Crippen LogP contribution in [0.25, 0.3) is 0 Å². The maximum Gasteiger partial charge on any atom is 0.268 e. The molecule has 2 N–H and O–H groups in total. The van der Waals surface area contributed by atoms with E-state index in [1.165, 1.54) is 12.8 Å². The van der Waals surface area contributed by atoms with Crippen molar-refractivity contribution in [2.45, 2.75) is 39.2 Å². The Morgan fingerprint density at radius 2 is 2.33 bits per heavy atom. The molecule has 82 valence electrons. The number of unbranched alkanes of at least 4 members (excludes halogenated alkanes) is 1. The Morgan fingerprint density at radius 1 is 1.53 bits per heavy atom. The fraction of sp³-hybridized carbons (Fsp3) is 0.545. The maximum absolute atomic E-state index is 11.6. The van der Waals surface area contributed by atoms with Crippen molar-refractivity contribution in [3.8, 4) is 0 Å². The van der Waals surface area contributed by atoms with Crippen LogP contribution >= 0.6 is 0 Å². The summed E-state index contributed by atoms with van der Waals surface area (Å²) in [6.45, 7) is 4.07. The van der Waals surface area contributed by atoms with E-state index in [0.29, 0.717) is 0 Å². The summed E-state index contributed by atoms with van der Waals surface area (Å²) in [6, 6.07) is 0.288. The molecule has 0 aromatic heterocycles. The molecule has 1 amide bonds. The molecule has 0 aliphatic carbocycles. The van der Waals surface area contributed by atoms with Gasteiger partial charge in [0, 0.05) is 17.8 Å². The number of rotatable bonds is 3. The fourth-order valence-corrected chi connectivity index (χ4v) is 1.88. The summed E-state index contributed by atoms with van der Waals surface area (Å²) < 4.78 is 0. The number of hydrogen-bond donors (Lipinski definition) is 2. The van der Waals surface area contributed by atoms with Crippen molar-refractivity contribution >= 4 is 5.91 Å². The van der Waals surface area contributed by atoms with Crippen molar-refractivity contribution in [1.29, 1.82) is 0 Å². The lowest BCUT2D eigenvalue weighted by atomic mass is 10.1. The maximum atomic E-state index is 11.6. The van der Waals surface area contributed by atoms with Gasteiger partial charge in [0.15, 0.2) is 0 Å². The predicted octanol–water partition coefficient (Wildman–Crippen LogP) is 1.24. The van der Waals surface area contributed by atoms with E-state index < -0.39 is 0 Å². The Labute approximate surface area is 90.0 Å². The predicted molar refractivity (Wildman–Crippen MR) is 58.3 cm³/mol. The Balaban J connectivity index is 2.04. The minimum Gasteiger partial charge on any atom is -0.344 e. The Kier molecular flexibility index (Phi) is 2.77. The van der Waals surface area contributed by atoms with Gasteiger partial charge in [-0.3, -0.25) is 4.79 Å². The molecular weight excluding hydrogens is 190 g/mol. The average Bonchev–Trinajstić information content (AvgIpc) is 2.57. The number of carbonyl (C=O) groups is 1. The first kappa shape index (κ1) is 10.2. The van der Waals surface area contributed by atoms with Crippen LogP contribution in [0.2, 0.25) is 0 Å². The highest BCUT2D eigenvalue weighted by atomic mass is 16.2. The van der Waals surface area contributed by atoms with E-state index in [4.69, 9.17) is 0 Å². The monoisotopic (exact) mass is 207 g/mol. The van der Waals surface area contributed by atoms with Gasteiger partial charge in [0.25, 0.3) is 5.91 Å². The number of allylic oxidation sites excluding steroid dienone is 1. The molecule has 2 heterocycles. The number of hydrogen-bond acceptors (Lipinski definition) is 3. The van der Waals surface area contributed by atoms with Gasteiger partial charge in [-0.25, -0.2) is 10.4 Å². The van der Waals surface area contributed by atoms with Crippen molar-refractivity contribution in [2.24, 2.45) is 0 Å². The molecule has 1 unspecified atom stereocenters. The van der Waals surface area contributed by atoms with Crippen molar-refractivity contribution < 1.29 is 4.79 Å². The zero-order chi connectivity index (χ0) is 10.8. The number of nitrogens with one attached hydrogen (secondary N) is 2. The van der Waals surface area contributed by atoms with Gasteiger partial charge in [-0.1, -0.05) is 19.8 Å². The van der Waals surface area contributed by atoms with Gasteiger partial charge in [0.1, 0.15) is 5.82 Å². The first-order valence-electron chi connectivity index (χ1n) is 5.48. The zero-order valence-electron chi connectivity index (χ0n) is 9.21. The average molecular weight is 207 g/mol. The van der Waals surface area contributed by atoms with Gasteiger partial charge in [0.2, 0.25) is 0 Å². The quantitative estimate of drug-likeness (QED) is 0.732. The van der Waals surface area contributed by atoms with Gasteiger partial charge in [-0.2, -0.15) is 0 Å². The smallest absolute Gasteiger partial charge is 0.268 e. The standard InChI is InChI=1S/C11H17N3O/c1-3-4-5-9-7-10-12-8(2)6-11(15)14(10)13-9/h6-7,9,12-13H,3-5H2,1-2H3. The van der Waals surface area contributed by atoms with E-state index in [0.717, 1.165) is 17.9 Å². The number of nitrogens with zero attached hydrogens (tertiary/aromatic N) is 1.